The van der Waals surface area contributed by atoms with E-state index in [1.165, 1.54) is 11.1 Å². The molecule has 4 N–H and O–H groups in total. The fourth-order valence-electron chi connectivity index (χ4n) is 4.41. The Morgan fingerprint density at radius 1 is 1.15 bits per heavy atom. The van der Waals surface area contributed by atoms with Crippen LogP contribution in [0.3, 0.4) is 0 Å². The summed E-state index contributed by atoms with van der Waals surface area (Å²) in [4.78, 5) is 29.6. The van der Waals surface area contributed by atoms with Crippen molar-refractivity contribution >= 4 is 29.0 Å². The molecular weight excluding hydrogens is 428 g/mol. The zero-order valence-corrected chi connectivity index (χ0v) is 19.1. The molecule has 0 saturated carbocycles. The Balaban J connectivity index is 1.43. The molecule has 1 aromatic heterocycles. The number of dihydropyridines is 1. The summed E-state index contributed by atoms with van der Waals surface area (Å²) in [5, 5.41) is 11.0. The second kappa shape index (κ2) is 8.62. The van der Waals surface area contributed by atoms with Crippen molar-refractivity contribution in [3.8, 4) is 11.3 Å². The van der Waals surface area contributed by atoms with Gasteiger partial charge in [-0.1, -0.05) is 35.9 Å². The minimum absolute atomic E-state index is 0.201. The molecule has 2 aromatic carbocycles. The van der Waals surface area contributed by atoms with Gasteiger partial charge in [0.2, 0.25) is 0 Å². The van der Waals surface area contributed by atoms with E-state index in [0.717, 1.165) is 17.8 Å². The summed E-state index contributed by atoms with van der Waals surface area (Å²) in [6.45, 7) is 4.58. The number of allylic oxidation sites excluding steroid dienone is 1. The summed E-state index contributed by atoms with van der Waals surface area (Å²) in [6.07, 6.45) is 5.12. The Labute approximate surface area is 197 Å². The van der Waals surface area contributed by atoms with E-state index in [4.69, 9.17) is 10.8 Å². The lowest BCUT2D eigenvalue weighted by atomic mass is 10.0. The Morgan fingerprint density at radius 2 is 1.94 bits per heavy atom. The van der Waals surface area contributed by atoms with Crippen molar-refractivity contribution < 1.29 is 9.59 Å². The highest BCUT2D eigenvalue weighted by atomic mass is 16.2. The first-order valence-electron chi connectivity index (χ1n) is 11.3. The number of aliphatic imine (C=N–C) groups is 1. The second-order valence-electron chi connectivity index (χ2n) is 8.67. The van der Waals surface area contributed by atoms with E-state index in [-0.39, 0.29) is 12.1 Å². The highest BCUT2D eigenvalue weighted by molar-refractivity contribution is 6.04. The molecule has 1 atom stereocenters. The van der Waals surface area contributed by atoms with Crippen molar-refractivity contribution in [2.24, 2.45) is 10.7 Å². The number of aryl methyl sites for hydroxylation is 3. The highest BCUT2D eigenvalue weighted by Gasteiger charge is 2.26. The predicted molar refractivity (Wildman–Crippen MR) is 132 cm³/mol. The van der Waals surface area contributed by atoms with Gasteiger partial charge in [-0.3, -0.25) is 14.6 Å². The Kier molecular flexibility index (Phi) is 5.49. The number of primary amides is 1. The number of carbonyl (C=O) groups is 2. The summed E-state index contributed by atoms with van der Waals surface area (Å²) < 4.78 is 1.79. The van der Waals surface area contributed by atoms with Crippen molar-refractivity contribution in [1.82, 2.24) is 15.1 Å². The normalized spacial score (nSPS) is 16.5. The highest BCUT2D eigenvalue weighted by Crippen LogP contribution is 2.34. The number of nitrogens with one attached hydrogen (secondary N) is 2. The third-order valence-electron chi connectivity index (χ3n) is 6.10. The van der Waals surface area contributed by atoms with Gasteiger partial charge in [0.15, 0.2) is 0 Å². The topological polar surface area (TPSA) is 114 Å². The molecule has 8 nitrogen and oxygen atoms in total. The smallest absolute Gasteiger partial charge is 0.254 e. The lowest BCUT2D eigenvalue weighted by Gasteiger charge is -2.16. The van der Waals surface area contributed by atoms with Crippen molar-refractivity contribution in [3.63, 3.8) is 0 Å². The second-order valence-corrected chi connectivity index (χ2v) is 8.67. The number of hydrogen-bond donors (Lipinski definition) is 3. The van der Waals surface area contributed by atoms with E-state index in [9.17, 15) is 9.59 Å². The number of nitrogens with zero attached hydrogens (tertiary/aromatic N) is 3. The van der Waals surface area contributed by atoms with Crippen LogP contribution in [0.1, 0.15) is 45.2 Å². The van der Waals surface area contributed by atoms with Crippen LogP contribution in [0.2, 0.25) is 0 Å². The van der Waals surface area contributed by atoms with Gasteiger partial charge >= 0.3 is 0 Å². The fraction of sp³-hybridized carbons (Fsp3) is 0.231. The summed E-state index contributed by atoms with van der Waals surface area (Å²) in [5.41, 5.74) is 12.0. The largest absolute Gasteiger partial charge is 0.365 e. The van der Waals surface area contributed by atoms with Crippen LogP contribution >= 0.6 is 0 Å². The van der Waals surface area contributed by atoms with Crippen molar-refractivity contribution in [3.05, 3.63) is 76.9 Å². The molecule has 0 saturated heterocycles. The summed E-state index contributed by atoms with van der Waals surface area (Å²) in [6, 6.07) is 13.2. The van der Waals surface area contributed by atoms with E-state index in [1.807, 2.05) is 31.2 Å². The van der Waals surface area contributed by atoms with Gasteiger partial charge in [-0.05, 0) is 50.1 Å². The van der Waals surface area contributed by atoms with Gasteiger partial charge in [0.25, 0.3) is 11.8 Å². The van der Waals surface area contributed by atoms with Crippen LogP contribution in [0.4, 0.5) is 11.5 Å². The van der Waals surface area contributed by atoms with E-state index in [0.29, 0.717) is 41.2 Å². The van der Waals surface area contributed by atoms with Gasteiger partial charge in [-0.2, -0.15) is 5.10 Å². The van der Waals surface area contributed by atoms with Crippen molar-refractivity contribution in [1.29, 1.82) is 0 Å². The van der Waals surface area contributed by atoms with Crippen LogP contribution in [0.25, 0.3) is 11.3 Å². The minimum atomic E-state index is -0.556. The zero-order chi connectivity index (χ0) is 23.8. The molecule has 0 spiro atoms. The van der Waals surface area contributed by atoms with E-state index < -0.39 is 5.91 Å². The van der Waals surface area contributed by atoms with Gasteiger partial charge in [-0.25, -0.2) is 4.68 Å². The van der Waals surface area contributed by atoms with Crippen LogP contribution in [-0.4, -0.2) is 33.5 Å². The van der Waals surface area contributed by atoms with Crippen LogP contribution in [0.5, 0.6) is 0 Å². The molecule has 34 heavy (non-hydrogen) atoms. The number of nitrogens with two attached hydrogens (primary N) is 1. The van der Waals surface area contributed by atoms with Crippen LogP contribution in [0, 0.1) is 6.92 Å². The van der Waals surface area contributed by atoms with Crippen LogP contribution in [-0.2, 0) is 13.0 Å². The zero-order valence-electron chi connectivity index (χ0n) is 19.1. The first-order valence-corrected chi connectivity index (χ1v) is 11.3. The van der Waals surface area contributed by atoms with E-state index in [2.05, 4.69) is 28.6 Å². The molecule has 8 heteroatoms. The van der Waals surface area contributed by atoms with Gasteiger partial charge in [0.05, 0.1) is 0 Å². The molecule has 2 aliphatic heterocycles. The average Bonchev–Trinajstić information content (AvgIpc) is 3.08. The van der Waals surface area contributed by atoms with E-state index in [1.54, 1.807) is 28.9 Å². The van der Waals surface area contributed by atoms with Gasteiger partial charge in [0, 0.05) is 35.5 Å². The van der Waals surface area contributed by atoms with Crippen LogP contribution < -0.4 is 16.4 Å². The molecule has 0 aliphatic carbocycles. The molecule has 5 rings (SSSR count). The number of aromatic nitrogens is 2. The molecule has 2 amide bonds. The van der Waals surface area contributed by atoms with Gasteiger partial charge < -0.3 is 16.4 Å². The number of rotatable bonds is 4. The molecule has 1 unspecified atom stereocenters. The summed E-state index contributed by atoms with van der Waals surface area (Å²) in [5.74, 6) is -0.169. The predicted octanol–water partition coefficient (Wildman–Crippen LogP) is 3.73. The molecule has 0 radical (unpaired) electrons. The number of amides is 2. The molecule has 3 aromatic rings. The fourth-order valence-corrected chi connectivity index (χ4v) is 4.41. The average molecular weight is 455 g/mol. The first kappa shape index (κ1) is 21.6. The first-order chi connectivity index (χ1) is 16.4. The Bertz CT molecular complexity index is 1350. The van der Waals surface area contributed by atoms with Gasteiger partial charge in [0.1, 0.15) is 23.2 Å². The molecule has 2 aliphatic rings. The number of fused-ring (bicyclic) bond motifs is 2. The third kappa shape index (κ3) is 4.10. The maximum absolute atomic E-state index is 12.7. The molecule has 0 bridgehead atoms. The van der Waals surface area contributed by atoms with Crippen molar-refractivity contribution in [2.75, 3.05) is 5.32 Å². The van der Waals surface area contributed by atoms with Gasteiger partial charge in [-0.15, -0.1) is 0 Å². The Hall–Kier alpha value is -4.20. The molecule has 3 heterocycles. The standard InChI is InChI=1S/C26H26N6O2/c1-15-6-11-20-19(14-15)12-13-32-25(29-20)22(24(27)33)23(31-32)17-7-9-18(10-8-17)26(34)30-21-5-3-4-16(2)28-21/h3-4,6-11,14,21,29H,5,12-13H2,1-2H3,(H2,27,33)(H,30,34). The number of carbonyl (C=O) groups excluding carboxylic acids is 2. The number of hydrogen-bond acceptors (Lipinski definition) is 5. The minimum Gasteiger partial charge on any atom is -0.365 e. The number of anilines is 2. The van der Waals surface area contributed by atoms with E-state index >= 15 is 0 Å². The maximum Gasteiger partial charge on any atom is 0.254 e. The summed E-state index contributed by atoms with van der Waals surface area (Å²) >= 11 is 0. The quantitative estimate of drug-likeness (QED) is 0.557. The number of benzene rings is 2. The molecule has 0 fully saturated rings. The van der Waals surface area contributed by atoms with Crippen LogP contribution in [0.15, 0.2) is 59.6 Å². The molecule has 172 valence electrons. The third-order valence-corrected chi connectivity index (χ3v) is 6.10. The lowest BCUT2D eigenvalue weighted by molar-refractivity contribution is 0.0937. The SMILES string of the molecule is CC1=NC(NC(=O)c2ccc(-c3nn4c(c3C(N)=O)Nc3ccc(C)cc3CC4)cc2)CC=C1. The lowest BCUT2D eigenvalue weighted by Crippen LogP contribution is -2.34. The summed E-state index contributed by atoms with van der Waals surface area (Å²) in [7, 11) is 0. The maximum atomic E-state index is 12.7. The molecular formula is C26H26N6O2. The monoisotopic (exact) mass is 454 g/mol. The Morgan fingerprint density at radius 3 is 2.68 bits per heavy atom. The van der Waals surface area contributed by atoms with Crippen molar-refractivity contribution in [2.45, 2.75) is 39.4 Å².